The smallest absolute Gasteiger partial charge is 0.126 e. The van der Waals surface area contributed by atoms with Crippen LogP contribution in [0.25, 0.3) is 0 Å². The van der Waals surface area contributed by atoms with Crippen molar-refractivity contribution >= 4 is 6.29 Å². The first-order valence-electron chi connectivity index (χ1n) is 2.88. The Hall–Kier alpha value is -0.590. The predicted octanol–water partition coefficient (Wildman–Crippen LogP) is 1.54. The van der Waals surface area contributed by atoms with Gasteiger partial charge in [-0.05, 0) is 12.8 Å². The molecule has 0 heterocycles. The highest BCUT2D eigenvalue weighted by molar-refractivity contribution is 5.60. The lowest BCUT2D eigenvalue weighted by Gasteiger charge is -2.12. The van der Waals surface area contributed by atoms with Crippen LogP contribution in [0, 0.1) is 5.41 Å². The fraction of sp³-hybridized carbons (Fsp3) is 0.571. The number of carbonyl (C=O) groups excluding carboxylic acids is 1. The summed E-state index contributed by atoms with van der Waals surface area (Å²) in [5.41, 5.74) is -0.0556. The molecule has 8 heavy (non-hydrogen) atoms. The lowest BCUT2D eigenvalue weighted by molar-refractivity contribution is -0.114. The fourth-order valence-corrected chi connectivity index (χ4v) is 0.885. The van der Waals surface area contributed by atoms with E-state index in [1.807, 2.05) is 6.92 Å². The van der Waals surface area contributed by atoms with Crippen LogP contribution in [0.1, 0.15) is 19.8 Å². The third-order valence-corrected chi connectivity index (χ3v) is 1.62. The zero-order valence-corrected chi connectivity index (χ0v) is 5.05. The number of aldehydes is 1. The Labute approximate surface area is 49.4 Å². The van der Waals surface area contributed by atoms with Crippen molar-refractivity contribution in [1.29, 1.82) is 0 Å². The highest BCUT2D eigenvalue weighted by atomic mass is 16.1. The molecular weight excluding hydrogens is 100 g/mol. The van der Waals surface area contributed by atoms with E-state index in [1.165, 1.54) is 0 Å². The van der Waals surface area contributed by atoms with Crippen LogP contribution in [0.3, 0.4) is 0 Å². The molecule has 1 aliphatic rings. The summed E-state index contributed by atoms with van der Waals surface area (Å²) in [6.07, 6.45) is 7.03. The molecule has 1 aliphatic carbocycles. The van der Waals surface area contributed by atoms with Crippen LogP contribution in [0.2, 0.25) is 0 Å². The highest BCUT2D eigenvalue weighted by Crippen LogP contribution is 2.29. The Kier molecular flexibility index (Phi) is 1.20. The molecule has 44 valence electrons. The van der Waals surface area contributed by atoms with Crippen molar-refractivity contribution in [3.8, 4) is 0 Å². The van der Waals surface area contributed by atoms with Gasteiger partial charge < -0.3 is 4.79 Å². The van der Waals surface area contributed by atoms with Crippen molar-refractivity contribution < 1.29 is 4.79 Å². The summed E-state index contributed by atoms with van der Waals surface area (Å²) < 4.78 is 0. The quantitative estimate of drug-likeness (QED) is 0.369. The van der Waals surface area contributed by atoms with E-state index in [0.29, 0.717) is 0 Å². The lowest BCUT2D eigenvalue weighted by atomic mass is 9.90. The van der Waals surface area contributed by atoms with Gasteiger partial charge in [-0.1, -0.05) is 19.1 Å². The van der Waals surface area contributed by atoms with Gasteiger partial charge in [0.25, 0.3) is 0 Å². The van der Waals surface area contributed by atoms with Crippen molar-refractivity contribution in [3.05, 3.63) is 12.2 Å². The van der Waals surface area contributed by atoms with Crippen molar-refractivity contribution in [2.45, 2.75) is 19.8 Å². The maximum absolute atomic E-state index is 10.3. The SMILES string of the molecule is CC1(C=O)CC=CC1. The van der Waals surface area contributed by atoms with Crippen LogP contribution < -0.4 is 0 Å². The first kappa shape index (κ1) is 5.54. The molecule has 0 atom stereocenters. The predicted molar refractivity (Wildman–Crippen MR) is 32.5 cm³/mol. The maximum Gasteiger partial charge on any atom is 0.126 e. The van der Waals surface area contributed by atoms with Crippen molar-refractivity contribution in [3.63, 3.8) is 0 Å². The van der Waals surface area contributed by atoms with Crippen LogP contribution >= 0.6 is 0 Å². The standard InChI is InChI=1S/C7H10O/c1-7(6-8)4-2-3-5-7/h2-3,6H,4-5H2,1H3. The molecule has 0 aromatic carbocycles. The van der Waals surface area contributed by atoms with Crippen LogP contribution in [0.4, 0.5) is 0 Å². The number of allylic oxidation sites excluding steroid dienone is 2. The van der Waals surface area contributed by atoms with Gasteiger partial charge in [-0.25, -0.2) is 0 Å². The third kappa shape index (κ3) is 0.808. The Morgan fingerprint density at radius 1 is 1.50 bits per heavy atom. The van der Waals surface area contributed by atoms with Crippen LogP contribution in [-0.2, 0) is 4.79 Å². The molecule has 0 aromatic rings. The fourth-order valence-electron chi connectivity index (χ4n) is 0.885. The van der Waals surface area contributed by atoms with E-state index in [9.17, 15) is 4.79 Å². The summed E-state index contributed by atoms with van der Waals surface area (Å²) in [5, 5.41) is 0. The molecule has 1 heteroatoms. The minimum absolute atomic E-state index is 0.0556. The minimum Gasteiger partial charge on any atom is -0.303 e. The van der Waals surface area contributed by atoms with Gasteiger partial charge in [0.2, 0.25) is 0 Å². The largest absolute Gasteiger partial charge is 0.303 e. The van der Waals surface area contributed by atoms with E-state index >= 15 is 0 Å². The van der Waals surface area contributed by atoms with Gasteiger partial charge in [0.05, 0.1) is 0 Å². The van der Waals surface area contributed by atoms with Gasteiger partial charge in [0, 0.05) is 5.41 Å². The highest BCUT2D eigenvalue weighted by Gasteiger charge is 2.23. The molecule has 0 fully saturated rings. The van der Waals surface area contributed by atoms with E-state index in [0.717, 1.165) is 19.1 Å². The van der Waals surface area contributed by atoms with E-state index in [1.54, 1.807) is 0 Å². The lowest BCUT2D eigenvalue weighted by Crippen LogP contribution is -2.11. The average molecular weight is 110 g/mol. The van der Waals surface area contributed by atoms with Crippen LogP contribution in [0.5, 0.6) is 0 Å². The summed E-state index contributed by atoms with van der Waals surface area (Å²) in [7, 11) is 0. The van der Waals surface area contributed by atoms with Gasteiger partial charge in [-0.15, -0.1) is 0 Å². The third-order valence-electron chi connectivity index (χ3n) is 1.62. The van der Waals surface area contributed by atoms with Gasteiger partial charge >= 0.3 is 0 Å². The molecule has 0 aliphatic heterocycles. The molecule has 0 bridgehead atoms. The van der Waals surface area contributed by atoms with Crippen molar-refractivity contribution in [2.24, 2.45) is 5.41 Å². The van der Waals surface area contributed by atoms with Crippen molar-refractivity contribution in [2.75, 3.05) is 0 Å². The normalized spacial score (nSPS) is 23.6. The number of hydrogen-bond donors (Lipinski definition) is 0. The molecule has 0 amide bonds. The summed E-state index contributed by atoms with van der Waals surface area (Å²) >= 11 is 0. The molecule has 0 radical (unpaired) electrons. The molecule has 0 unspecified atom stereocenters. The Morgan fingerprint density at radius 2 is 2.00 bits per heavy atom. The van der Waals surface area contributed by atoms with Crippen LogP contribution in [-0.4, -0.2) is 6.29 Å². The minimum atomic E-state index is -0.0556. The monoisotopic (exact) mass is 110 g/mol. The molecule has 1 rings (SSSR count). The second-order valence-electron chi connectivity index (χ2n) is 2.65. The molecule has 1 nitrogen and oxygen atoms in total. The first-order valence-corrected chi connectivity index (χ1v) is 2.88. The van der Waals surface area contributed by atoms with Crippen LogP contribution in [0.15, 0.2) is 12.2 Å². The van der Waals surface area contributed by atoms with Gasteiger partial charge in [-0.3, -0.25) is 0 Å². The number of rotatable bonds is 1. The molecular formula is C7H10O. The molecule has 0 saturated heterocycles. The molecule has 0 aromatic heterocycles. The molecule has 0 spiro atoms. The number of hydrogen-bond acceptors (Lipinski definition) is 1. The summed E-state index contributed by atoms with van der Waals surface area (Å²) in [4.78, 5) is 10.3. The zero-order valence-electron chi connectivity index (χ0n) is 5.05. The Balaban J connectivity index is 2.58. The van der Waals surface area contributed by atoms with Crippen molar-refractivity contribution in [1.82, 2.24) is 0 Å². The second kappa shape index (κ2) is 1.73. The topological polar surface area (TPSA) is 17.1 Å². The van der Waals surface area contributed by atoms with Gasteiger partial charge in [0.15, 0.2) is 0 Å². The Morgan fingerprint density at radius 3 is 2.25 bits per heavy atom. The summed E-state index contributed by atoms with van der Waals surface area (Å²) in [6, 6.07) is 0. The van der Waals surface area contributed by atoms with E-state index in [2.05, 4.69) is 12.2 Å². The second-order valence-corrected chi connectivity index (χ2v) is 2.65. The summed E-state index contributed by atoms with van der Waals surface area (Å²) in [6.45, 7) is 1.99. The number of carbonyl (C=O) groups is 1. The van der Waals surface area contributed by atoms with Gasteiger partial charge in [0.1, 0.15) is 6.29 Å². The van der Waals surface area contributed by atoms with E-state index < -0.39 is 0 Å². The van der Waals surface area contributed by atoms with Gasteiger partial charge in [-0.2, -0.15) is 0 Å². The van der Waals surface area contributed by atoms with E-state index in [4.69, 9.17) is 0 Å². The zero-order chi connectivity index (χ0) is 6.04. The first-order chi connectivity index (χ1) is 3.77. The van der Waals surface area contributed by atoms with E-state index in [-0.39, 0.29) is 5.41 Å². The maximum atomic E-state index is 10.3. The average Bonchev–Trinajstić information content (AvgIpc) is 2.17. The summed E-state index contributed by atoms with van der Waals surface area (Å²) in [5.74, 6) is 0. The molecule has 0 saturated carbocycles. The Bertz CT molecular complexity index is 116. The molecule has 0 N–H and O–H groups in total.